The molecule has 0 saturated carbocycles. The summed E-state index contributed by atoms with van der Waals surface area (Å²) in [5, 5.41) is 17.0. The van der Waals surface area contributed by atoms with Gasteiger partial charge in [-0.15, -0.1) is 0 Å². The molecule has 0 aliphatic carbocycles. The van der Waals surface area contributed by atoms with Crippen LogP contribution in [0.25, 0.3) is 0 Å². The van der Waals surface area contributed by atoms with Crippen molar-refractivity contribution in [3.63, 3.8) is 0 Å². The molecule has 0 spiro atoms. The van der Waals surface area contributed by atoms with Crippen LogP contribution in [0.1, 0.15) is 33.1 Å². The Morgan fingerprint density at radius 1 is 1.36 bits per heavy atom. The minimum Gasteiger partial charge on any atom is -0.481 e. The van der Waals surface area contributed by atoms with Crippen LogP contribution in [-0.4, -0.2) is 22.2 Å². The highest BCUT2D eigenvalue weighted by atomic mass is 16.4. The lowest BCUT2D eigenvalue weighted by Crippen LogP contribution is -2.08. The molecule has 1 atom stereocenters. The summed E-state index contributed by atoms with van der Waals surface area (Å²) in [6.07, 6.45) is 3.10. The van der Waals surface area contributed by atoms with Gasteiger partial charge in [0.1, 0.15) is 0 Å². The van der Waals surface area contributed by atoms with Gasteiger partial charge in [-0.2, -0.15) is 0 Å². The lowest BCUT2D eigenvalue weighted by molar-refractivity contribution is -0.141. The van der Waals surface area contributed by atoms with Crippen LogP contribution >= 0.6 is 0 Å². The van der Waals surface area contributed by atoms with Crippen LogP contribution in [0, 0.1) is 5.92 Å². The topological polar surface area (TPSA) is 74.6 Å². The minimum absolute atomic E-state index is 0.354. The van der Waals surface area contributed by atoms with Crippen molar-refractivity contribution in [3.05, 3.63) is 11.6 Å². The van der Waals surface area contributed by atoms with Crippen molar-refractivity contribution in [2.45, 2.75) is 33.1 Å². The molecule has 0 rings (SSSR count). The minimum atomic E-state index is -0.950. The highest BCUT2D eigenvalue weighted by molar-refractivity contribution is 5.80. The van der Waals surface area contributed by atoms with E-state index in [9.17, 15) is 9.59 Å². The maximum Gasteiger partial charge on any atom is 0.328 e. The van der Waals surface area contributed by atoms with Gasteiger partial charge in [0.2, 0.25) is 0 Å². The number of aliphatic carboxylic acids is 2. The molecule has 1 unspecified atom stereocenters. The van der Waals surface area contributed by atoms with E-state index in [1.807, 2.05) is 0 Å². The number of carbonyl (C=O) groups is 2. The van der Waals surface area contributed by atoms with Crippen molar-refractivity contribution in [2.24, 2.45) is 5.92 Å². The first kappa shape index (κ1) is 12.7. The zero-order chi connectivity index (χ0) is 11.1. The number of carboxylic acids is 2. The molecule has 80 valence electrons. The summed E-state index contributed by atoms with van der Waals surface area (Å²) in [5.41, 5.74) is 0.773. The molecule has 0 saturated heterocycles. The van der Waals surface area contributed by atoms with Crippen LogP contribution in [-0.2, 0) is 9.59 Å². The van der Waals surface area contributed by atoms with E-state index in [1.165, 1.54) is 0 Å². The summed E-state index contributed by atoms with van der Waals surface area (Å²) in [6, 6.07) is 0. The van der Waals surface area contributed by atoms with Gasteiger partial charge in [0, 0.05) is 6.08 Å². The maximum absolute atomic E-state index is 10.4. The zero-order valence-electron chi connectivity index (χ0n) is 8.49. The Balaban J connectivity index is 3.74. The van der Waals surface area contributed by atoms with Gasteiger partial charge < -0.3 is 10.2 Å². The van der Waals surface area contributed by atoms with Crippen LogP contribution in [0.2, 0.25) is 0 Å². The fourth-order valence-electron chi connectivity index (χ4n) is 1.09. The highest BCUT2D eigenvalue weighted by Crippen LogP contribution is 2.12. The van der Waals surface area contributed by atoms with E-state index in [-0.39, 0.29) is 5.92 Å². The first-order valence-corrected chi connectivity index (χ1v) is 4.56. The lowest BCUT2D eigenvalue weighted by atomic mass is 10.0. The van der Waals surface area contributed by atoms with Crippen LogP contribution in [0.15, 0.2) is 11.6 Å². The molecular formula is C10H16O4. The van der Waals surface area contributed by atoms with Gasteiger partial charge in [-0.3, -0.25) is 4.79 Å². The standard InChI is InChI=1S/C10H16O4/c1-7(6-9(11)12)4-3-5-8(2)10(13)14/h6,8H,3-5H2,1-2H3,(H,11,12)(H,13,14). The average Bonchev–Trinajstić information content (AvgIpc) is 2.02. The number of hydrogen-bond acceptors (Lipinski definition) is 2. The molecule has 0 aromatic carbocycles. The SMILES string of the molecule is CC(=CC(=O)O)CCCC(C)C(=O)O. The quantitative estimate of drug-likeness (QED) is 0.642. The second-order valence-corrected chi connectivity index (χ2v) is 3.46. The number of rotatable bonds is 6. The molecule has 0 amide bonds. The van der Waals surface area contributed by atoms with E-state index in [1.54, 1.807) is 13.8 Å². The monoisotopic (exact) mass is 200 g/mol. The normalized spacial score (nSPS) is 13.7. The first-order chi connectivity index (χ1) is 6.43. The van der Waals surface area contributed by atoms with E-state index in [4.69, 9.17) is 10.2 Å². The Morgan fingerprint density at radius 3 is 2.36 bits per heavy atom. The number of allylic oxidation sites excluding steroid dienone is 1. The Labute approximate surface area is 83.2 Å². The molecule has 0 bridgehead atoms. The molecular weight excluding hydrogens is 184 g/mol. The molecule has 0 aromatic heterocycles. The second kappa shape index (κ2) is 6.18. The van der Waals surface area contributed by atoms with Crippen LogP contribution in [0.3, 0.4) is 0 Å². The predicted molar refractivity (Wildman–Crippen MR) is 52.0 cm³/mol. The predicted octanol–water partition coefficient (Wildman–Crippen LogP) is 1.91. The first-order valence-electron chi connectivity index (χ1n) is 4.56. The third-order valence-electron chi connectivity index (χ3n) is 2.00. The number of hydrogen-bond donors (Lipinski definition) is 2. The van der Waals surface area contributed by atoms with Gasteiger partial charge in [-0.05, 0) is 26.2 Å². The van der Waals surface area contributed by atoms with E-state index in [0.717, 1.165) is 11.6 Å². The summed E-state index contributed by atoms with van der Waals surface area (Å²) < 4.78 is 0. The van der Waals surface area contributed by atoms with Gasteiger partial charge in [0.15, 0.2) is 0 Å². The van der Waals surface area contributed by atoms with Crippen molar-refractivity contribution in [3.8, 4) is 0 Å². The molecule has 2 N–H and O–H groups in total. The summed E-state index contributed by atoms with van der Waals surface area (Å²) >= 11 is 0. The van der Waals surface area contributed by atoms with Crippen molar-refractivity contribution >= 4 is 11.9 Å². The highest BCUT2D eigenvalue weighted by Gasteiger charge is 2.09. The molecule has 0 radical (unpaired) electrons. The Hall–Kier alpha value is -1.32. The molecule has 0 aliphatic rings. The molecule has 0 aromatic rings. The van der Waals surface area contributed by atoms with Crippen LogP contribution in [0.5, 0.6) is 0 Å². The number of carboxylic acid groups (broad SMARTS) is 2. The Bertz CT molecular complexity index is 243. The lowest BCUT2D eigenvalue weighted by Gasteiger charge is -2.05. The van der Waals surface area contributed by atoms with Gasteiger partial charge in [-0.1, -0.05) is 12.5 Å². The van der Waals surface area contributed by atoms with Gasteiger partial charge in [0.05, 0.1) is 5.92 Å². The fraction of sp³-hybridized carbons (Fsp3) is 0.600. The van der Waals surface area contributed by atoms with Gasteiger partial charge >= 0.3 is 11.9 Å². The van der Waals surface area contributed by atoms with E-state index in [2.05, 4.69) is 0 Å². The Morgan fingerprint density at radius 2 is 1.93 bits per heavy atom. The molecule has 14 heavy (non-hydrogen) atoms. The summed E-state index contributed by atoms with van der Waals surface area (Å²) in [5.74, 6) is -2.11. The summed E-state index contributed by atoms with van der Waals surface area (Å²) in [4.78, 5) is 20.7. The van der Waals surface area contributed by atoms with Crippen molar-refractivity contribution < 1.29 is 19.8 Å². The van der Waals surface area contributed by atoms with E-state index in [0.29, 0.717) is 19.3 Å². The van der Waals surface area contributed by atoms with Crippen molar-refractivity contribution in [1.82, 2.24) is 0 Å². The van der Waals surface area contributed by atoms with E-state index < -0.39 is 11.9 Å². The zero-order valence-corrected chi connectivity index (χ0v) is 8.49. The third kappa shape index (κ3) is 6.22. The van der Waals surface area contributed by atoms with Crippen LogP contribution < -0.4 is 0 Å². The van der Waals surface area contributed by atoms with E-state index >= 15 is 0 Å². The largest absolute Gasteiger partial charge is 0.481 e. The molecule has 0 aliphatic heterocycles. The third-order valence-corrected chi connectivity index (χ3v) is 2.00. The van der Waals surface area contributed by atoms with Crippen LogP contribution in [0.4, 0.5) is 0 Å². The second-order valence-electron chi connectivity index (χ2n) is 3.46. The Kier molecular flexibility index (Phi) is 5.60. The molecule has 4 heteroatoms. The fourth-order valence-corrected chi connectivity index (χ4v) is 1.09. The molecule has 4 nitrogen and oxygen atoms in total. The maximum atomic E-state index is 10.4. The molecule has 0 heterocycles. The van der Waals surface area contributed by atoms with Gasteiger partial charge in [-0.25, -0.2) is 4.79 Å². The molecule has 0 fully saturated rings. The van der Waals surface area contributed by atoms with Gasteiger partial charge in [0.25, 0.3) is 0 Å². The van der Waals surface area contributed by atoms with Crippen molar-refractivity contribution in [2.75, 3.05) is 0 Å². The summed E-state index contributed by atoms with van der Waals surface area (Å²) in [6.45, 7) is 3.39. The van der Waals surface area contributed by atoms with Crippen molar-refractivity contribution in [1.29, 1.82) is 0 Å². The average molecular weight is 200 g/mol. The smallest absolute Gasteiger partial charge is 0.328 e. The summed E-state index contributed by atoms with van der Waals surface area (Å²) in [7, 11) is 0.